The molecule has 0 heterocycles. The van der Waals surface area contributed by atoms with Crippen molar-refractivity contribution in [3.05, 3.63) is 78.9 Å². The van der Waals surface area contributed by atoms with Crippen LogP contribution in [-0.2, 0) is 0 Å². The third-order valence-corrected chi connectivity index (χ3v) is 2.64. The topological polar surface area (TPSA) is 9.23 Å². The van der Waals surface area contributed by atoms with Gasteiger partial charge >= 0.3 is 0 Å². The summed E-state index contributed by atoms with van der Waals surface area (Å²) in [6, 6.07) is 26.2. The van der Waals surface area contributed by atoms with Crippen molar-refractivity contribution < 1.29 is 4.74 Å². The third kappa shape index (κ3) is 3.11. The molecule has 18 heavy (non-hydrogen) atoms. The lowest BCUT2D eigenvalue weighted by atomic mass is 10.1. The zero-order valence-corrected chi connectivity index (χ0v) is 10.4. The van der Waals surface area contributed by atoms with Gasteiger partial charge in [0.15, 0.2) is 0 Å². The average Bonchev–Trinajstić information content (AvgIpc) is 2.49. The number of methoxy groups -OCH3 is 1. The highest BCUT2D eigenvalue weighted by Crippen LogP contribution is 2.24. The molecule has 0 saturated carbocycles. The molecule has 0 aromatic heterocycles. The van der Waals surface area contributed by atoms with Crippen LogP contribution in [0.25, 0.3) is 10.8 Å². The van der Waals surface area contributed by atoms with Crippen molar-refractivity contribution in [1.82, 2.24) is 0 Å². The molecule has 1 heteroatoms. The fourth-order valence-corrected chi connectivity index (χ4v) is 1.76. The predicted molar refractivity (Wildman–Crippen MR) is 76.9 cm³/mol. The van der Waals surface area contributed by atoms with Gasteiger partial charge in [0.25, 0.3) is 0 Å². The fraction of sp³-hybridized carbons (Fsp3) is 0.0588. The van der Waals surface area contributed by atoms with Crippen molar-refractivity contribution >= 4 is 10.8 Å². The van der Waals surface area contributed by atoms with Crippen LogP contribution in [0, 0.1) is 0 Å². The Morgan fingerprint density at radius 1 is 0.611 bits per heavy atom. The van der Waals surface area contributed by atoms with Crippen molar-refractivity contribution in [1.29, 1.82) is 0 Å². The molecule has 3 rings (SSSR count). The van der Waals surface area contributed by atoms with Gasteiger partial charge in [0.05, 0.1) is 7.11 Å². The smallest absolute Gasteiger partial charge is 0.126 e. The van der Waals surface area contributed by atoms with E-state index in [1.54, 1.807) is 7.11 Å². The lowest BCUT2D eigenvalue weighted by molar-refractivity contribution is 0.420. The van der Waals surface area contributed by atoms with Crippen molar-refractivity contribution in [2.24, 2.45) is 0 Å². The van der Waals surface area contributed by atoms with Crippen LogP contribution < -0.4 is 4.74 Å². The summed E-state index contributed by atoms with van der Waals surface area (Å²) in [6.45, 7) is 0. The van der Waals surface area contributed by atoms with Crippen LogP contribution in [0.5, 0.6) is 5.75 Å². The van der Waals surface area contributed by atoms with E-state index < -0.39 is 0 Å². The average molecular weight is 236 g/mol. The Morgan fingerprint density at radius 2 is 1.17 bits per heavy atom. The van der Waals surface area contributed by atoms with E-state index in [2.05, 4.69) is 18.2 Å². The van der Waals surface area contributed by atoms with Gasteiger partial charge in [-0.15, -0.1) is 0 Å². The Balaban J connectivity index is 0.000000169. The van der Waals surface area contributed by atoms with E-state index in [9.17, 15) is 0 Å². The van der Waals surface area contributed by atoms with E-state index in [1.807, 2.05) is 60.7 Å². The van der Waals surface area contributed by atoms with Crippen LogP contribution in [-0.4, -0.2) is 7.11 Å². The number of rotatable bonds is 1. The van der Waals surface area contributed by atoms with E-state index in [0.717, 1.165) is 5.75 Å². The molecule has 0 aliphatic carbocycles. The quantitative estimate of drug-likeness (QED) is 0.603. The van der Waals surface area contributed by atoms with E-state index in [0.29, 0.717) is 0 Å². The maximum absolute atomic E-state index is 5.23. The summed E-state index contributed by atoms with van der Waals surface area (Å²) in [6.07, 6.45) is 0. The molecule has 0 amide bonds. The van der Waals surface area contributed by atoms with Crippen LogP contribution in [0.4, 0.5) is 0 Å². The van der Waals surface area contributed by atoms with Gasteiger partial charge in [-0.1, -0.05) is 72.8 Å². The molecular formula is C17H16O. The van der Waals surface area contributed by atoms with Gasteiger partial charge in [-0.05, 0) is 11.5 Å². The van der Waals surface area contributed by atoms with Crippen molar-refractivity contribution in [2.45, 2.75) is 0 Å². The largest absolute Gasteiger partial charge is 0.496 e. The second-order valence-electron chi connectivity index (χ2n) is 3.84. The van der Waals surface area contributed by atoms with E-state index in [4.69, 9.17) is 4.74 Å². The van der Waals surface area contributed by atoms with E-state index in [1.165, 1.54) is 10.8 Å². The fourth-order valence-electron chi connectivity index (χ4n) is 1.76. The number of fused-ring (bicyclic) bond motifs is 1. The van der Waals surface area contributed by atoms with Gasteiger partial charge in [-0.25, -0.2) is 0 Å². The zero-order valence-electron chi connectivity index (χ0n) is 10.4. The Bertz CT molecular complexity index is 556. The summed E-state index contributed by atoms with van der Waals surface area (Å²) in [5, 5.41) is 2.39. The first-order chi connectivity index (χ1) is 8.92. The van der Waals surface area contributed by atoms with Gasteiger partial charge in [0.1, 0.15) is 5.75 Å². The Morgan fingerprint density at radius 3 is 1.78 bits per heavy atom. The minimum atomic E-state index is 0.938. The molecule has 0 spiro atoms. The second-order valence-corrected chi connectivity index (χ2v) is 3.84. The highest BCUT2D eigenvalue weighted by Gasteiger charge is 1.96. The summed E-state index contributed by atoms with van der Waals surface area (Å²) in [5.41, 5.74) is 0. The van der Waals surface area contributed by atoms with E-state index >= 15 is 0 Å². The van der Waals surface area contributed by atoms with Crippen LogP contribution in [0.1, 0.15) is 0 Å². The minimum Gasteiger partial charge on any atom is -0.496 e. The highest BCUT2D eigenvalue weighted by molar-refractivity contribution is 5.88. The van der Waals surface area contributed by atoms with Gasteiger partial charge in [0, 0.05) is 5.39 Å². The summed E-state index contributed by atoms with van der Waals surface area (Å²) in [7, 11) is 1.70. The molecule has 0 unspecified atom stereocenters. The van der Waals surface area contributed by atoms with Gasteiger partial charge in [-0.2, -0.15) is 0 Å². The molecule has 0 fully saturated rings. The molecule has 0 aliphatic heterocycles. The van der Waals surface area contributed by atoms with Crippen molar-refractivity contribution in [3.8, 4) is 5.75 Å². The Hall–Kier alpha value is -2.28. The molecule has 0 N–H and O–H groups in total. The molecule has 0 radical (unpaired) electrons. The van der Waals surface area contributed by atoms with Gasteiger partial charge < -0.3 is 4.74 Å². The van der Waals surface area contributed by atoms with Crippen LogP contribution in [0.15, 0.2) is 78.9 Å². The zero-order chi connectivity index (χ0) is 12.6. The molecule has 3 aromatic carbocycles. The number of hydrogen-bond acceptors (Lipinski definition) is 1. The van der Waals surface area contributed by atoms with Crippen molar-refractivity contribution in [3.63, 3.8) is 0 Å². The summed E-state index contributed by atoms with van der Waals surface area (Å²) in [4.78, 5) is 0. The second kappa shape index (κ2) is 6.45. The molecule has 0 bridgehead atoms. The first-order valence-corrected chi connectivity index (χ1v) is 5.93. The SMILES string of the molecule is COc1cccc2ccccc12.c1ccccc1. The summed E-state index contributed by atoms with van der Waals surface area (Å²) in [5.74, 6) is 0.938. The molecular weight excluding hydrogens is 220 g/mol. The standard InChI is InChI=1S/C11H10O.C6H6/c1-12-11-8-4-6-9-5-2-3-7-10(9)11;1-2-4-6-5-3-1/h2-8H,1H3;1-6H. The van der Waals surface area contributed by atoms with Gasteiger partial charge in [0.2, 0.25) is 0 Å². The molecule has 0 saturated heterocycles. The predicted octanol–water partition coefficient (Wildman–Crippen LogP) is 4.54. The molecule has 90 valence electrons. The number of ether oxygens (including phenoxy) is 1. The molecule has 0 aliphatic rings. The van der Waals surface area contributed by atoms with E-state index in [-0.39, 0.29) is 0 Å². The van der Waals surface area contributed by atoms with Crippen molar-refractivity contribution in [2.75, 3.05) is 7.11 Å². The normalized spacial score (nSPS) is 9.39. The molecule has 0 atom stereocenters. The molecule has 1 nitrogen and oxygen atoms in total. The monoisotopic (exact) mass is 236 g/mol. The highest BCUT2D eigenvalue weighted by atomic mass is 16.5. The number of hydrogen-bond donors (Lipinski definition) is 0. The third-order valence-electron chi connectivity index (χ3n) is 2.64. The Labute approximate surface area is 108 Å². The van der Waals surface area contributed by atoms with Crippen LogP contribution >= 0.6 is 0 Å². The van der Waals surface area contributed by atoms with Gasteiger partial charge in [-0.3, -0.25) is 0 Å². The van der Waals surface area contributed by atoms with Crippen LogP contribution in [0.3, 0.4) is 0 Å². The lowest BCUT2D eigenvalue weighted by Crippen LogP contribution is -1.83. The first-order valence-electron chi connectivity index (χ1n) is 5.93. The first kappa shape index (κ1) is 12.2. The summed E-state index contributed by atoms with van der Waals surface area (Å²) >= 11 is 0. The number of benzene rings is 3. The molecule has 3 aromatic rings. The maximum Gasteiger partial charge on any atom is 0.126 e. The summed E-state index contributed by atoms with van der Waals surface area (Å²) < 4.78 is 5.23. The van der Waals surface area contributed by atoms with Crippen LogP contribution in [0.2, 0.25) is 0 Å². The Kier molecular flexibility index (Phi) is 4.37. The lowest BCUT2D eigenvalue weighted by Gasteiger charge is -2.03. The minimum absolute atomic E-state index is 0.938. The maximum atomic E-state index is 5.23.